The van der Waals surface area contributed by atoms with Gasteiger partial charge in [-0.1, -0.05) is 44.4 Å². The average Bonchev–Trinajstić information content (AvgIpc) is 2.37. The predicted molar refractivity (Wildman–Crippen MR) is 72.9 cm³/mol. The third kappa shape index (κ3) is 3.36. The van der Waals surface area contributed by atoms with Crippen LogP contribution in [0.25, 0.3) is 5.57 Å². The van der Waals surface area contributed by atoms with Gasteiger partial charge >= 0.3 is 0 Å². The fourth-order valence-corrected chi connectivity index (χ4v) is 2.61. The Morgan fingerprint density at radius 1 is 1.35 bits per heavy atom. The van der Waals surface area contributed by atoms with E-state index in [-0.39, 0.29) is 0 Å². The molecule has 1 aliphatic carbocycles. The topological polar surface area (TPSA) is 20.2 Å². The zero-order valence-electron chi connectivity index (χ0n) is 10.7. The van der Waals surface area contributed by atoms with Crippen molar-refractivity contribution in [2.24, 2.45) is 5.92 Å². The number of aromatic hydroxyl groups is 1. The average molecular weight is 230 g/mol. The number of unbranched alkanes of at least 4 members (excludes halogenated alkanes) is 1. The highest BCUT2D eigenvalue weighted by Crippen LogP contribution is 2.33. The molecule has 0 amide bonds. The minimum Gasteiger partial charge on any atom is -0.508 e. The number of rotatable bonds is 4. The molecule has 1 aliphatic rings. The van der Waals surface area contributed by atoms with Gasteiger partial charge in [0.05, 0.1) is 0 Å². The SMILES string of the molecule is CCCCC1CC=C(c2cccc(O)c2)CC1. The highest BCUT2D eigenvalue weighted by Gasteiger charge is 2.14. The van der Waals surface area contributed by atoms with Crippen LogP contribution >= 0.6 is 0 Å². The molecule has 0 fully saturated rings. The van der Waals surface area contributed by atoms with E-state index in [9.17, 15) is 5.11 Å². The summed E-state index contributed by atoms with van der Waals surface area (Å²) in [6, 6.07) is 7.63. The molecule has 0 aliphatic heterocycles. The summed E-state index contributed by atoms with van der Waals surface area (Å²) >= 11 is 0. The Bertz CT molecular complexity index is 392. The lowest BCUT2D eigenvalue weighted by molar-refractivity contribution is 0.433. The van der Waals surface area contributed by atoms with Crippen molar-refractivity contribution in [2.75, 3.05) is 0 Å². The van der Waals surface area contributed by atoms with Crippen molar-refractivity contribution in [3.63, 3.8) is 0 Å². The maximum atomic E-state index is 9.48. The number of allylic oxidation sites excluding steroid dienone is 2. The smallest absolute Gasteiger partial charge is 0.116 e. The zero-order chi connectivity index (χ0) is 12.1. The summed E-state index contributed by atoms with van der Waals surface area (Å²) in [6.07, 6.45) is 10.1. The summed E-state index contributed by atoms with van der Waals surface area (Å²) in [5, 5.41) is 9.48. The molecule has 1 unspecified atom stereocenters. The van der Waals surface area contributed by atoms with Gasteiger partial charge in [0.15, 0.2) is 0 Å². The van der Waals surface area contributed by atoms with Crippen LogP contribution in [0.3, 0.4) is 0 Å². The largest absolute Gasteiger partial charge is 0.508 e. The quantitative estimate of drug-likeness (QED) is 0.790. The Labute approximate surface area is 104 Å². The van der Waals surface area contributed by atoms with Gasteiger partial charge in [-0.05, 0) is 48.4 Å². The normalized spacial score (nSPS) is 20.1. The highest BCUT2D eigenvalue weighted by atomic mass is 16.3. The third-order valence-corrected chi connectivity index (χ3v) is 3.70. The molecule has 0 bridgehead atoms. The van der Waals surface area contributed by atoms with E-state index in [0.717, 1.165) is 12.3 Å². The molecular weight excluding hydrogens is 208 g/mol. The van der Waals surface area contributed by atoms with Gasteiger partial charge in [-0.2, -0.15) is 0 Å². The number of phenols is 1. The van der Waals surface area contributed by atoms with Crippen molar-refractivity contribution in [1.29, 1.82) is 0 Å². The Hall–Kier alpha value is -1.24. The molecule has 1 heteroatoms. The fraction of sp³-hybridized carbons (Fsp3) is 0.500. The van der Waals surface area contributed by atoms with Crippen molar-refractivity contribution in [3.05, 3.63) is 35.9 Å². The minimum atomic E-state index is 0.372. The number of hydrogen-bond acceptors (Lipinski definition) is 1. The van der Waals surface area contributed by atoms with Crippen LogP contribution in [-0.4, -0.2) is 5.11 Å². The van der Waals surface area contributed by atoms with Crippen LogP contribution < -0.4 is 0 Å². The standard InChI is InChI=1S/C16H22O/c1-2-3-5-13-8-10-14(11-9-13)15-6-4-7-16(17)12-15/h4,6-7,10,12-13,17H,2-3,5,8-9,11H2,1H3. The van der Waals surface area contributed by atoms with Crippen LogP contribution in [0.15, 0.2) is 30.3 Å². The molecule has 2 rings (SSSR count). The molecule has 1 aromatic carbocycles. The van der Waals surface area contributed by atoms with Crippen LogP contribution in [0, 0.1) is 5.92 Å². The maximum absolute atomic E-state index is 9.48. The van der Waals surface area contributed by atoms with E-state index >= 15 is 0 Å². The maximum Gasteiger partial charge on any atom is 0.116 e. The molecule has 0 radical (unpaired) electrons. The highest BCUT2D eigenvalue weighted by molar-refractivity contribution is 5.67. The van der Waals surface area contributed by atoms with Gasteiger partial charge in [-0.3, -0.25) is 0 Å². The number of benzene rings is 1. The zero-order valence-corrected chi connectivity index (χ0v) is 10.7. The van der Waals surface area contributed by atoms with Gasteiger partial charge < -0.3 is 5.11 Å². The van der Waals surface area contributed by atoms with Gasteiger partial charge in [0, 0.05) is 0 Å². The molecular formula is C16H22O. The first-order chi connectivity index (χ1) is 8.29. The van der Waals surface area contributed by atoms with Gasteiger partial charge in [-0.15, -0.1) is 0 Å². The van der Waals surface area contributed by atoms with E-state index in [0.29, 0.717) is 5.75 Å². The van der Waals surface area contributed by atoms with Crippen LogP contribution in [-0.2, 0) is 0 Å². The second kappa shape index (κ2) is 5.90. The Kier molecular flexibility index (Phi) is 4.24. The van der Waals surface area contributed by atoms with Crippen molar-refractivity contribution < 1.29 is 5.11 Å². The molecule has 0 spiro atoms. The number of hydrogen-bond donors (Lipinski definition) is 1. The molecule has 92 valence electrons. The van der Waals surface area contributed by atoms with Crippen molar-refractivity contribution in [3.8, 4) is 5.75 Å². The lowest BCUT2D eigenvalue weighted by Gasteiger charge is -2.22. The summed E-state index contributed by atoms with van der Waals surface area (Å²) in [5.41, 5.74) is 2.60. The van der Waals surface area contributed by atoms with Crippen LogP contribution in [0.1, 0.15) is 51.0 Å². The van der Waals surface area contributed by atoms with E-state index in [4.69, 9.17) is 0 Å². The first kappa shape index (κ1) is 12.2. The van der Waals surface area contributed by atoms with Crippen molar-refractivity contribution in [1.82, 2.24) is 0 Å². The lowest BCUT2D eigenvalue weighted by Crippen LogP contribution is -2.05. The van der Waals surface area contributed by atoms with E-state index < -0.39 is 0 Å². The second-order valence-corrected chi connectivity index (χ2v) is 5.06. The Morgan fingerprint density at radius 3 is 2.88 bits per heavy atom. The molecule has 0 heterocycles. The van der Waals surface area contributed by atoms with Gasteiger partial charge in [0.1, 0.15) is 5.75 Å². The fourth-order valence-electron chi connectivity index (χ4n) is 2.61. The van der Waals surface area contributed by atoms with Gasteiger partial charge in [0.2, 0.25) is 0 Å². The third-order valence-electron chi connectivity index (χ3n) is 3.70. The monoisotopic (exact) mass is 230 g/mol. The van der Waals surface area contributed by atoms with E-state index in [2.05, 4.69) is 19.1 Å². The second-order valence-electron chi connectivity index (χ2n) is 5.06. The van der Waals surface area contributed by atoms with Gasteiger partial charge in [-0.25, -0.2) is 0 Å². The predicted octanol–water partition coefficient (Wildman–Crippen LogP) is 4.77. The Balaban J connectivity index is 1.98. The van der Waals surface area contributed by atoms with E-state index in [1.54, 1.807) is 6.07 Å². The Morgan fingerprint density at radius 2 is 2.24 bits per heavy atom. The first-order valence-electron chi connectivity index (χ1n) is 6.78. The molecule has 17 heavy (non-hydrogen) atoms. The lowest BCUT2D eigenvalue weighted by atomic mass is 9.84. The minimum absolute atomic E-state index is 0.372. The van der Waals surface area contributed by atoms with Crippen molar-refractivity contribution in [2.45, 2.75) is 45.4 Å². The summed E-state index contributed by atoms with van der Waals surface area (Å²) in [5.74, 6) is 1.26. The molecule has 0 saturated heterocycles. The van der Waals surface area contributed by atoms with E-state index in [1.165, 1.54) is 43.2 Å². The van der Waals surface area contributed by atoms with Gasteiger partial charge in [0.25, 0.3) is 0 Å². The summed E-state index contributed by atoms with van der Waals surface area (Å²) in [6.45, 7) is 2.26. The summed E-state index contributed by atoms with van der Waals surface area (Å²) < 4.78 is 0. The molecule has 1 nitrogen and oxygen atoms in total. The molecule has 0 aromatic heterocycles. The van der Waals surface area contributed by atoms with Crippen LogP contribution in [0.2, 0.25) is 0 Å². The molecule has 1 atom stereocenters. The molecule has 1 aromatic rings. The first-order valence-corrected chi connectivity index (χ1v) is 6.78. The van der Waals surface area contributed by atoms with E-state index in [1.807, 2.05) is 12.1 Å². The molecule has 1 N–H and O–H groups in total. The molecule has 0 saturated carbocycles. The summed E-state index contributed by atoms with van der Waals surface area (Å²) in [7, 11) is 0. The van der Waals surface area contributed by atoms with Crippen LogP contribution in [0.4, 0.5) is 0 Å². The van der Waals surface area contributed by atoms with Crippen LogP contribution in [0.5, 0.6) is 5.75 Å². The summed E-state index contributed by atoms with van der Waals surface area (Å²) in [4.78, 5) is 0. The van der Waals surface area contributed by atoms with Crippen molar-refractivity contribution >= 4 is 5.57 Å². The number of phenolic OH excluding ortho intramolecular Hbond substituents is 1.